The van der Waals surface area contributed by atoms with E-state index in [2.05, 4.69) is 45.9 Å². The molecule has 0 unspecified atom stereocenters. The van der Waals surface area contributed by atoms with Gasteiger partial charge in [-0.05, 0) is 62.1 Å². The lowest BCUT2D eigenvalue weighted by Crippen LogP contribution is -2.61. The van der Waals surface area contributed by atoms with Gasteiger partial charge in [0.05, 0.1) is 12.7 Å². The van der Waals surface area contributed by atoms with Crippen LogP contribution in [-0.2, 0) is 4.79 Å². The number of carbonyl (C=O) groups excluding carboxylic acids is 1. The topological polar surface area (TPSA) is 32.8 Å². The van der Waals surface area contributed by atoms with Gasteiger partial charge in [-0.15, -0.1) is 0 Å². The second-order valence-corrected chi connectivity index (χ2v) is 9.36. The summed E-state index contributed by atoms with van der Waals surface area (Å²) in [5, 5.41) is 0. The fourth-order valence-electron chi connectivity index (χ4n) is 5.20. The van der Waals surface area contributed by atoms with Gasteiger partial charge < -0.3 is 9.64 Å². The molecule has 166 valence electrons. The van der Waals surface area contributed by atoms with Gasteiger partial charge in [0.15, 0.2) is 0 Å². The number of benzene rings is 2. The van der Waals surface area contributed by atoms with Crippen LogP contribution in [0.3, 0.4) is 0 Å². The van der Waals surface area contributed by atoms with Crippen molar-refractivity contribution >= 4 is 5.91 Å². The zero-order chi connectivity index (χ0) is 21.9. The number of methoxy groups -OCH3 is 1. The lowest BCUT2D eigenvalue weighted by molar-refractivity contribution is -0.141. The molecule has 2 aromatic rings. The fraction of sp³-hybridized carbons (Fsp3) is 0.464. The van der Waals surface area contributed by atoms with E-state index in [1.807, 2.05) is 24.3 Å². The van der Waals surface area contributed by atoms with Gasteiger partial charge in [0.1, 0.15) is 5.75 Å². The third-order valence-electron chi connectivity index (χ3n) is 7.45. The average molecular weight is 429 g/mol. The predicted octanol–water partition coefficient (Wildman–Crippen LogP) is 4.29. The number of amides is 1. The highest BCUT2D eigenvalue weighted by atomic mass is 16.5. The summed E-state index contributed by atoms with van der Waals surface area (Å²) in [5.41, 5.74) is 3.28. The van der Waals surface area contributed by atoms with Crippen molar-refractivity contribution in [2.45, 2.75) is 44.1 Å². The minimum absolute atomic E-state index is 0.294. The number of fused-ring (bicyclic) bond motifs is 1. The first-order chi connectivity index (χ1) is 15.7. The van der Waals surface area contributed by atoms with Crippen molar-refractivity contribution in [3.05, 3.63) is 65.2 Å². The van der Waals surface area contributed by atoms with E-state index < -0.39 is 0 Å². The number of para-hydroxylation sites is 1. The SMILES string of the molecule is COc1ccccc1C#Cc1ccc([C@H]2CN3CCCCN(C(=O)C4CCC4)C[C@@H]23)cc1. The number of carbonyl (C=O) groups is 1. The molecule has 2 aromatic carbocycles. The van der Waals surface area contributed by atoms with Crippen LogP contribution < -0.4 is 4.74 Å². The van der Waals surface area contributed by atoms with Crippen molar-refractivity contribution in [2.24, 2.45) is 5.92 Å². The lowest BCUT2D eigenvalue weighted by atomic mass is 9.80. The Morgan fingerprint density at radius 2 is 1.72 bits per heavy atom. The van der Waals surface area contributed by atoms with Crippen LogP contribution in [0.25, 0.3) is 0 Å². The molecule has 3 aliphatic rings. The first-order valence-electron chi connectivity index (χ1n) is 12.0. The minimum atomic E-state index is 0.294. The smallest absolute Gasteiger partial charge is 0.225 e. The van der Waals surface area contributed by atoms with E-state index >= 15 is 0 Å². The van der Waals surface area contributed by atoms with Gasteiger partial charge in [0, 0.05) is 43.1 Å². The van der Waals surface area contributed by atoms with Gasteiger partial charge in [-0.25, -0.2) is 0 Å². The van der Waals surface area contributed by atoms with E-state index in [0.717, 1.165) is 62.3 Å². The molecule has 2 heterocycles. The number of nitrogens with zero attached hydrogens (tertiary/aromatic N) is 2. The van der Waals surface area contributed by atoms with Crippen molar-refractivity contribution in [2.75, 3.05) is 33.3 Å². The maximum absolute atomic E-state index is 12.9. The van der Waals surface area contributed by atoms with Crippen LogP contribution in [-0.4, -0.2) is 55.0 Å². The zero-order valence-electron chi connectivity index (χ0n) is 18.9. The van der Waals surface area contributed by atoms with Crippen molar-refractivity contribution in [1.82, 2.24) is 9.80 Å². The first-order valence-corrected chi connectivity index (χ1v) is 12.0. The van der Waals surface area contributed by atoms with E-state index in [9.17, 15) is 4.79 Å². The Morgan fingerprint density at radius 1 is 0.938 bits per heavy atom. The molecule has 32 heavy (non-hydrogen) atoms. The van der Waals surface area contributed by atoms with Gasteiger partial charge in [-0.3, -0.25) is 9.69 Å². The third kappa shape index (κ3) is 4.27. The Balaban J connectivity index is 1.28. The average Bonchev–Trinajstić information content (AvgIpc) is 2.77. The third-order valence-corrected chi connectivity index (χ3v) is 7.45. The van der Waals surface area contributed by atoms with Gasteiger partial charge in [0.2, 0.25) is 5.91 Å². The summed E-state index contributed by atoms with van der Waals surface area (Å²) in [6, 6.07) is 17.0. The van der Waals surface area contributed by atoms with Crippen LogP contribution in [0.1, 0.15) is 54.7 Å². The van der Waals surface area contributed by atoms with E-state index in [4.69, 9.17) is 4.74 Å². The van der Waals surface area contributed by atoms with Crippen LogP contribution >= 0.6 is 0 Å². The fourth-order valence-corrected chi connectivity index (χ4v) is 5.20. The molecule has 1 amide bonds. The second-order valence-electron chi connectivity index (χ2n) is 9.36. The molecular formula is C28H32N2O2. The van der Waals surface area contributed by atoms with Crippen molar-refractivity contribution in [3.63, 3.8) is 0 Å². The molecule has 2 saturated heterocycles. The molecule has 0 aromatic heterocycles. The lowest BCUT2D eigenvalue weighted by Gasteiger charge is -2.52. The summed E-state index contributed by atoms with van der Waals surface area (Å²) in [6.45, 7) is 4.08. The highest BCUT2D eigenvalue weighted by molar-refractivity contribution is 5.79. The molecule has 0 radical (unpaired) electrons. The summed E-state index contributed by atoms with van der Waals surface area (Å²) >= 11 is 0. The van der Waals surface area contributed by atoms with Gasteiger partial charge in [-0.1, -0.05) is 42.5 Å². The van der Waals surface area contributed by atoms with E-state index in [0.29, 0.717) is 23.8 Å². The molecule has 0 N–H and O–H groups in total. The Labute approximate surface area is 191 Å². The summed E-state index contributed by atoms with van der Waals surface area (Å²) in [5.74, 6) is 8.50. The zero-order valence-corrected chi connectivity index (χ0v) is 18.9. The maximum Gasteiger partial charge on any atom is 0.225 e. The molecule has 4 nitrogen and oxygen atoms in total. The highest BCUT2D eigenvalue weighted by Crippen LogP contribution is 2.37. The Morgan fingerprint density at radius 3 is 2.47 bits per heavy atom. The summed E-state index contributed by atoms with van der Waals surface area (Å²) < 4.78 is 5.39. The van der Waals surface area contributed by atoms with Gasteiger partial charge in [-0.2, -0.15) is 0 Å². The first kappa shape index (κ1) is 21.1. The Kier molecular flexibility index (Phi) is 6.19. The Hall–Kier alpha value is -2.77. The molecule has 5 rings (SSSR count). The summed E-state index contributed by atoms with van der Waals surface area (Å²) in [4.78, 5) is 17.7. The molecule has 0 bridgehead atoms. The normalized spacial score (nSPS) is 23.5. The molecule has 1 saturated carbocycles. The van der Waals surface area contributed by atoms with Crippen LogP contribution in [0, 0.1) is 17.8 Å². The largest absolute Gasteiger partial charge is 0.495 e. The highest BCUT2D eigenvalue weighted by Gasteiger charge is 2.42. The van der Waals surface area contributed by atoms with Crippen LogP contribution in [0.2, 0.25) is 0 Å². The summed E-state index contributed by atoms with van der Waals surface area (Å²) in [6.07, 6.45) is 5.71. The van der Waals surface area contributed by atoms with Crippen molar-refractivity contribution in [3.8, 4) is 17.6 Å². The second kappa shape index (κ2) is 9.38. The van der Waals surface area contributed by atoms with Crippen molar-refractivity contribution in [1.29, 1.82) is 0 Å². The van der Waals surface area contributed by atoms with Crippen molar-refractivity contribution < 1.29 is 9.53 Å². The van der Waals surface area contributed by atoms with Crippen LogP contribution in [0.5, 0.6) is 5.75 Å². The monoisotopic (exact) mass is 428 g/mol. The van der Waals surface area contributed by atoms with Crippen LogP contribution in [0.15, 0.2) is 48.5 Å². The van der Waals surface area contributed by atoms with Gasteiger partial charge >= 0.3 is 0 Å². The molecule has 2 atom stereocenters. The molecule has 0 spiro atoms. The Bertz CT molecular complexity index is 1020. The number of rotatable bonds is 3. The molecular weight excluding hydrogens is 396 g/mol. The number of hydrogen-bond acceptors (Lipinski definition) is 3. The standard InChI is InChI=1S/C28H32N2O2/c1-32-27-10-3-2-7-23(27)16-13-21-11-14-22(15-12-21)25-19-29-17-4-5-18-30(20-26(25)29)28(31)24-8-6-9-24/h2-3,7,10-12,14-15,24-26H,4-6,8-9,17-20H2,1H3/t25-,26+/m1/s1. The quantitative estimate of drug-likeness (QED) is 0.684. The predicted molar refractivity (Wildman–Crippen MR) is 127 cm³/mol. The van der Waals surface area contributed by atoms with E-state index in [1.54, 1.807) is 7.11 Å². The number of hydrogen-bond donors (Lipinski definition) is 0. The molecule has 4 heteroatoms. The minimum Gasteiger partial charge on any atom is -0.495 e. The molecule has 1 aliphatic carbocycles. The molecule has 2 aliphatic heterocycles. The maximum atomic E-state index is 12.9. The van der Waals surface area contributed by atoms with E-state index in [-0.39, 0.29) is 0 Å². The van der Waals surface area contributed by atoms with Crippen LogP contribution in [0.4, 0.5) is 0 Å². The van der Waals surface area contributed by atoms with Gasteiger partial charge in [0.25, 0.3) is 0 Å². The van der Waals surface area contributed by atoms with E-state index in [1.165, 1.54) is 18.4 Å². The number of ether oxygens (including phenoxy) is 1. The molecule has 3 fully saturated rings. The summed E-state index contributed by atoms with van der Waals surface area (Å²) in [7, 11) is 1.67.